The van der Waals surface area contributed by atoms with E-state index >= 15 is 0 Å². The molecular weight excluding hydrogens is 264 g/mol. The summed E-state index contributed by atoms with van der Waals surface area (Å²) in [6, 6.07) is 7.77. The summed E-state index contributed by atoms with van der Waals surface area (Å²) < 4.78 is 5.15. The van der Waals surface area contributed by atoms with E-state index in [1.165, 1.54) is 24.8 Å². The van der Waals surface area contributed by atoms with E-state index in [1.807, 2.05) is 24.3 Å². The molecule has 0 aliphatic rings. The number of esters is 1. The molecule has 0 unspecified atom stereocenters. The van der Waals surface area contributed by atoms with Crippen LogP contribution in [0.1, 0.15) is 69.6 Å². The van der Waals surface area contributed by atoms with Crippen molar-refractivity contribution in [1.29, 1.82) is 0 Å². The number of aryl methyl sites for hydroxylation is 1. The van der Waals surface area contributed by atoms with Crippen molar-refractivity contribution in [3.63, 3.8) is 0 Å². The Morgan fingerprint density at radius 1 is 1.19 bits per heavy atom. The Morgan fingerprint density at radius 2 is 1.95 bits per heavy atom. The molecule has 0 radical (unpaired) electrons. The molecule has 0 aliphatic heterocycles. The van der Waals surface area contributed by atoms with E-state index in [0.717, 1.165) is 24.8 Å². The lowest BCUT2D eigenvalue weighted by Crippen LogP contribution is -2.12. The fourth-order valence-corrected chi connectivity index (χ4v) is 2.23. The SMILES string of the molecule is CCCCCCCC(=O)OC[C@H](O)c1cccc(CC)c1. The fourth-order valence-electron chi connectivity index (χ4n) is 2.23. The highest BCUT2D eigenvalue weighted by atomic mass is 16.5. The molecule has 0 heterocycles. The van der Waals surface area contributed by atoms with Crippen LogP contribution in [0.4, 0.5) is 0 Å². The number of hydrogen-bond donors (Lipinski definition) is 1. The normalized spacial score (nSPS) is 12.1. The number of rotatable bonds is 10. The number of carbonyl (C=O) groups is 1. The van der Waals surface area contributed by atoms with Crippen molar-refractivity contribution < 1.29 is 14.6 Å². The van der Waals surface area contributed by atoms with Crippen molar-refractivity contribution in [2.75, 3.05) is 6.61 Å². The summed E-state index contributed by atoms with van der Waals surface area (Å²) in [7, 11) is 0. The number of benzene rings is 1. The number of carbonyl (C=O) groups excluding carboxylic acids is 1. The van der Waals surface area contributed by atoms with Gasteiger partial charge >= 0.3 is 5.97 Å². The quantitative estimate of drug-likeness (QED) is 0.519. The number of aliphatic hydroxyl groups excluding tert-OH is 1. The van der Waals surface area contributed by atoms with Crippen molar-refractivity contribution in [2.24, 2.45) is 0 Å². The van der Waals surface area contributed by atoms with Gasteiger partial charge in [-0.2, -0.15) is 0 Å². The van der Waals surface area contributed by atoms with Gasteiger partial charge in [0.1, 0.15) is 12.7 Å². The van der Waals surface area contributed by atoms with E-state index in [4.69, 9.17) is 4.74 Å². The molecule has 1 rings (SSSR count). The van der Waals surface area contributed by atoms with Crippen LogP contribution in [0.15, 0.2) is 24.3 Å². The van der Waals surface area contributed by atoms with Crippen molar-refractivity contribution in [3.8, 4) is 0 Å². The maximum Gasteiger partial charge on any atom is 0.305 e. The second-order valence-electron chi connectivity index (χ2n) is 5.46. The average molecular weight is 292 g/mol. The monoisotopic (exact) mass is 292 g/mol. The highest BCUT2D eigenvalue weighted by molar-refractivity contribution is 5.69. The van der Waals surface area contributed by atoms with Gasteiger partial charge in [0, 0.05) is 6.42 Å². The molecule has 0 aromatic heterocycles. The van der Waals surface area contributed by atoms with Crippen LogP contribution in [0.5, 0.6) is 0 Å². The number of unbranched alkanes of at least 4 members (excludes halogenated alkanes) is 4. The van der Waals surface area contributed by atoms with Crippen LogP contribution in [0, 0.1) is 0 Å². The minimum atomic E-state index is -0.736. The minimum Gasteiger partial charge on any atom is -0.463 e. The molecule has 0 saturated heterocycles. The summed E-state index contributed by atoms with van der Waals surface area (Å²) in [4.78, 5) is 11.6. The Bertz CT molecular complexity index is 415. The predicted octanol–water partition coefficient (Wildman–Crippen LogP) is 4.19. The molecule has 1 N–H and O–H groups in total. The zero-order valence-corrected chi connectivity index (χ0v) is 13.3. The van der Waals surface area contributed by atoms with Crippen LogP contribution in [0.2, 0.25) is 0 Å². The van der Waals surface area contributed by atoms with Gasteiger partial charge < -0.3 is 9.84 Å². The Balaban J connectivity index is 2.25. The first kappa shape index (κ1) is 17.7. The van der Waals surface area contributed by atoms with Gasteiger partial charge in [0.25, 0.3) is 0 Å². The first-order chi connectivity index (χ1) is 10.2. The van der Waals surface area contributed by atoms with Gasteiger partial charge in [0.05, 0.1) is 0 Å². The topological polar surface area (TPSA) is 46.5 Å². The lowest BCUT2D eigenvalue weighted by atomic mass is 10.1. The van der Waals surface area contributed by atoms with Crippen molar-refractivity contribution in [2.45, 2.75) is 64.9 Å². The van der Waals surface area contributed by atoms with Crippen LogP contribution in [0.3, 0.4) is 0 Å². The van der Waals surface area contributed by atoms with E-state index in [-0.39, 0.29) is 12.6 Å². The first-order valence-electron chi connectivity index (χ1n) is 8.09. The highest BCUT2D eigenvalue weighted by Crippen LogP contribution is 2.16. The first-order valence-corrected chi connectivity index (χ1v) is 8.09. The van der Waals surface area contributed by atoms with Crippen LogP contribution in [-0.4, -0.2) is 17.7 Å². The molecule has 1 atom stereocenters. The summed E-state index contributed by atoms with van der Waals surface area (Å²) >= 11 is 0. The van der Waals surface area contributed by atoms with Gasteiger partial charge in [-0.05, 0) is 24.0 Å². The van der Waals surface area contributed by atoms with Crippen LogP contribution >= 0.6 is 0 Å². The maximum absolute atomic E-state index is 11.6. The molecule has 0 fully saturated rings. The number of hydrogen-bond acceptors (Lipinski definition) is 3. The molecule has 3 heteroatoms. The fraction of sp³-hybridized carbons (Fsp3) is 0.611. The molecule has 118 valence electrons. The average Bonchev–Trinajstić information content (AvgIpc) is 2.52. The number of aliphatic hydroxyl groups is 1. The molecule has 0 bridgehead atoms. The van der Waals surface area contributed by atoms with Gasteiger partial charge in [0.2, 0.25) is 0 Å². The Morgan fingerprint density at radius 3 is 2.67 bits per heavy atom. The van der Waals surface area contributed by atoms with E-state index in [2.05, 4.69) is 13.8 Å². The van der Waals surface area contributed by atoms with Gasteiger partial charge in [-0.3, -0.25) is 4.79 Å². The second-order valence-corrected chi connectivity index (χ2v) is 5.46. The van der Waals surface area contributed by atoms with Crippen molar-refractivity contribution >= 4 is 5.97 Å². The largest absolute Gasteiger partial charge is 0.463 e. The summed E-state index contributed by atoms with van der Waals surface area (Å²) in [5.41, 5.74) is 1.99. The van der Waals surface area contributed by atoms with Gasteiger partial charge in [-0.15, -0.1) is 0 Å². The van der Waals surface area contributed by atoms with Crippen LogP contribution < -0.4 is 0 Å². The van der Waals surface area contributed by atoms with Gasteiger partial charge in [0.15, 0.2) is 0 Å². The summed E-state index contributed by atoms with van der Waals surface area (Å²) in [6.45, 7) is 4.29. The summed E-state index contributed by atoms with van der Waals surface area (Å²) in [5.74, 6) is -0.211. The lowest BCUT2D eigenvalue weighted by molar-refractivity contribution is -0.146. The molecule has 0 spiro atoms. The van der Waals surface area contributed by atoms with Gasteiger partial charge in [-0.25, -0.2) is 0 Å². The molecule has 21 heavy (non-hydrogen) atoms. The third-order valence-corrected chi connectivity index (χ3v) is 3.63. The lowest BCUT2D eigenvalue weighted by Gasteiger charge is -2.12. The molecule has 3 nitrogen and oxygen atoms in total. The summed E-state index contributed by atoms with van der Waals surface area (Å²) in [6.07, 6.45) is 6.19. The molecule has 0 aliphatic carbocycles. The second kappa shape index (κ2) is 10.4. The van der Waals surface area contributed by atoms with Crippen molar-refractivity contribution in [3.05, 3.63) is 35.4 Å². The van der Waals surface area contributed by atoms with E-state index in [1.54, 1.807) is 0 Å². The smallest absolute Gasteiger partial charge is 0.305 e. The van der Waals surface area contributed by atoms with Gasteiger partial charge in [-0.1, -0.05) is 63.8 Å². The van der Waals surface area contributed by atoms with E-state index < -0.39 is 6.10 Å². The van der Waals surface area contributed by atoms with Crippen molar-refractivity contribution in [1.82, 2.24) is 0 Å². The third kappa shape index (κ3) is 7.28. The van der Waals surface area contributed by atoms with Crippen LogP contribution in [-0.2, 0) is 16.0 Å². The Labute approximate surface area is 128 Å². The molecule has 1 aromatic carbocycles. The predicted molar refractivity (Wildman–Crippen MR) is 85.1 cm³/mol. The highest BCUT2D eigenvalue weighted by Gasteiger charge is 2.11. The Kier molecular flexibility index (Phi) is 8.76. The maximum atomic E-state index is 11.6. The summed E-state index contributed by atoms with van der Waals surface area (Å²) in [5, 5.41) is 10.1. The molecule has 1 aromatic rings. The van der Waals surface area contributed by atoms with Crippen LogP contribution in [0.25, 0.3) is 0 Å². The minimum absolute atomic E-state index is 0.0426. The van der Waals surface area contributed by atoms with E-state index in [9.17, 15) is 9.90 Å². The number of ether oxygens (including phenoxy) is 1. The third-order valence-electron chi connectivity index (χ3n) is 3.63. The zero-order chi connectivity index (χ0) is 15.5. The zero-order valence-electron chi connectivity index (χ0n) is 13.3. The standard InChI is InChI=1S/C18H28O3/c1-3-5-6-7-8-12-18(20)21-14-17(19)16-11-9-10-15(4-2)13-16/h9-11,13,17,19H,3-8,12,14H2,1-2H3/t17-/m0/s1. The molecule has 0 saturated carbocycles. The Hall–Kier alpha value is -1.35. The molecular formula is C18H28O3. The van der Waals surface area contributed by atoms with E-state index in [0.29, 0.717) is 6.42 Å². The molecule has 0 amide bonds.